The lowest BCUT2D eigenvalue weighted by Crippen LogP contribution is -2.44. The number of aliphatic carboxylic acids is 1. The van der Waals surface area contributed by atoms with Crippen LogP contribution in [0.15, 0.2) is 23.1 Å². The van der Waals surface area contributed by atoms with E-state index in [1.807, 2.05) is 6.92 Å². The molecule has 20 heavy (non-hydrogen) atoms. The molecule has 6 nitrogen and oxygen atoms in total. The molecule has 0 aliphatic heterocycles. The molecule has 0 spiro atoms. The molecule has 0 heterocycles. The number of carbonyl (C=O) groups is 2. The van der Waals surface area contributed by atoms with Gasteiger partial charge in [0.15, 0.2) is 9.84 Å². The smallest absolute Gasteiger partial charge is 0.327 e. The summed E-state index contributed by atoms with van der Waals surface area (Å²) in [5, 5.41) is 11.1. The Kier molecular flexibility index (Phi) is 4.88. The minimum atomic E-state index is -3.79. The maximum atomic E-state index is 12.2. The van der Waals surface area contributed by atoms with Crippen LogP contribution in [0.1, 0.15) is 18.1 Å². The standard InChI is InChI=1S/C13H17NO5S/c1-8-4-5-12(9(2)6-8)20(18,19)7-11(13(16)17)14-10(3)15/h4-6,11H,7H2,1-3H3,(H,14,15)(H,16,17). The molecule has 1 aromatic rings. The van der Waals surface area contributed by atoms with Gasteiger partial charge in [0.1, 0.15) is 6.04 Å². The molecule has 1 unspecified atom stereocenters. The van der Waals surface area contributed by atoms with Crippen molar-refractivity contribution in [3.8, 4) is 0 Å². The van der Waals surface area contributed by atoms with Crippen LogP contribution in [-0.4, -0.2) is 37.2 Å². The normalized spacial score (nSPS) is 12.8. The molecule has 7 heteroatoms. The molecule has 2 N–H and O–H groups in total. The zero-order valence-corrected chi connectivity index (χ0v) is 12.3. The number of carboxylic acids is 1. The minimum absolute atomic E-state index is 0.0831. The first-order valence-corrected chi connectivity index (χ1v) is 7.58. The Morgan fingerprint density at radius 2 is 1.90 bits per heavy atom. The van der Waals surface area contributed by atoms with Gasteiger partial charge in [-0.3, -0.25) is 4.79 Å². The summed E-state index contributed by atoms with van der Waals surface area (Å²) in [6, 6.07) is 3.35. The van der Waals surface area contributed by atoms with Crippen molar-refractivity contribution >= 4 is 21.7 Å². The summed E-state index contributed by atoms with van der Waals surface area (Å²) in [7, 11) is -3.79. The predicted octanol–water partition coefficient (Wildman–Crippen LogP) is 0.666. The molecule has 0 aromatic heterocycles. The zero-order chi connectivity index (χ0) is 15.5. The number of hydrogen-bond acceptors (Lipinski definition) is 4. The van der Waals surface area contributed by atoms with Crippen molar-refractivity contribution in [3.05, 3.63) is 29.3 Å². The second kappa shape index (κ2) is 6.04. The molecule has 1 aromatic carbocycles. The largest absolute Gasteiger partial charge is 0.480 e. The van der Waals surface area contributed by atoms with E-state index in [0.717, 1.165) is 12.5 Å². The van der Waals surface area contributed by atoms with E-state index >= 15 is 0 Å². The SMILES string of the molecule is CC(=O)NC(CS(=O)(=O)c1ccc(C)cc1C)C(=O)O. The van der Waals surface area contributed by atoms with E-state index in [1.54, 1.807) is 19.1 Å². The highest BCUT2D eigenvalue weighted by atomic mass is 32.2. The van der Waals surface area contributed by atoms with Crippen molar-refractivity contribution in [1.29, 1.82) is 0 Å². The Morgan fingerprint density at radius 1 is 1.30 bits per heavy atom. The van der Waals surface area contributed by atoms with Gasteiger partial charge in [0.25, 0.3) is 0 Å². The highest BCUT2D eigenvalue weighted by Gasteiger charge is 2.28. The van der Waals surface area contributed by atoms with Gasteiger partial charge in [0, 0.05) is 6.92 Å². The van der Waals surface area contributed by atoms with E-state index in [2.05, 4.69) is 5.32 Å². The third-order valence-electron chi connectivity index (χ3n) is 2.73. The maximum Gasteiger partial charge on any atom is 0.327 e. The van der Waals surface area contributed by atoms with Crippen molar-refractivity contribution in [2.45, 2.75) is 31.7 Å². The lowest BCUT2D eigenvalue weighted by atomic mass is 10.2. The summed E-state index contributed by atoms with van der Waals surface area (Å²) in [6.45, 7) is 4.62. The third kappa shape index (κ3) is 4.06. The van der Waals surface area contributed by atoms with Gasteiger partial charge in [-0.2, -0.15) is 0 Å². The molecule has 0 radical (unpaired) electrons. The molecule has 1 rings (SSSR count). The number of carboxylic acid groups (broad SMARTS) is 1. The number of hydrogen-bond donors (Lipinski definition) is 2. The van der Waals surface area contributed by atoms with E-state index in [-0.39, 0.29) is 4.90 Å². The summed E-state index contributed by atoms with van der Waals surface area (Å²) in [4.78, 5) is 22.0. The first-order chi connectivity index (χ1) is 9.13. The summed E-state index contributed by atoms with van der Waals surface area (Å²) in [5.41, 5.74) is 1.47. The van der Waals surface area contributed by atoms with Crippen LogP contribution in [-0.2, 0) is 19.4 Å². The van der Waals surface area contributed by atoms with Crippen molar-refractivity contribution in [1.82, 2.24) is 5.32 Å². The molecule has 0 bridgehead atoms. The van der Waals surface area contributed by atoms with Gasteiger partial charge in [0.2, 0.25) is 5.91 Å². The van der Waals surface area contributed by atoms with Crippen molar-refractivity contribution in [2.24, 2.45) is 0 Å². The van der Waals surface area contributed by atoms with Crippen LogP contribution in [0.25, 0.3) is 0 Å². The van der Waals surface area contributed by atoms with Gasteiger partial charge in [-0.05, 0) is 25.5 Å². The molecular weight excluding hydrogens is 282 g/mol. The molecule has 0 aliphatic carbocycles. The Morgan fingerprint density at radius 3 is 2.35 bits per heavy atom. The first-order valence-electron chi connectivity index (χ1n) is 5.93. The fraction of sp³-hybridized carbons (Fsp3) is 0.385. The number of nitrogens with one attached hydrogen (secondary N) is 1. The summed E-state index contributed by atoms with van der Waals surface area (Å²) < 4.78 is 24.5. The molecule has 0 aliphatic rings. The van der Waals surface area contributed by atoms with Crippen molar-refractivity contribution < 1.29 is 23.1 Å². The Labute approximate surface area is 117 Å². The van der Waals surface area contributed by atoms with E-state index in [9.17, 15) is 18.0 Å². The number of rotatable bonds is 5. The third-order valence-corrected chi connectivity index (χ3v) is 4.63. The van der Waals surface area contributed by atoms with Crippen LogP contribution in [0, 0.1) is 13.8 Å². The van der Waals surface area contributed by atoms with Crippen LogP contribution in [0.2, 0.25) is 0 Å². The molecular formula is C13H17NO5S. The monoisotopic (exact) mass is 299 g/mol. The van der Waals surface area contributed by atoms with Crippen LogP contribution in [0.4, 0.5) is 0 Å². The van der Waals surface area contributed by atoms with Gasteiger partial charge in [0.05, 0.1) is 10.6 Å². The van der Waals surface area contributed by atoms with Gasteiger partial charge in [-0.1, -0.05) is 17.7 Å². The van der Waals surface area contributed by atoms with E-state index in [0.29, 0.717) is 5.56 Å². The van der Waals surface area contributed by atoms with Crippen LogP contribution >= 0.6 is 0 Å². The van der Waals surface area contributed by atoms with Crippen molar-refractivity contribution in [2.75, 3.05) is 5.75 Å². The molecule has 1 atom stereocenters. The number of carbonyl (C=O) groups excluding carboxylic acids is 1. The number of sulfone groups is 1. The minimum Gasteiger partial charge on any atom is -0.480 e. The van der Waals surface area contributed by atoms with E-state index < -0.39 is 33.5 Å². The summed E-state index contributed by atoms with van der Waals surface area (Å²) in [5.74, 6) is -2.65. The summed E-state index contributed by atoms with van der Waals surface area (Å²) >= 11 is 0. The van der Waals surface area contributed by atoms with Gasteiger partial charge < -0.3 is 10.4 Å². The van der Waals surface area contributed by atoms with Crippen LogP contribution < -0.4 is 5.32 Å². The molecule has 0 saturated heterocycles. The van der Waals surface area contributed by atoms with Gasteiger partial charge in [-0.25, -0.2) is 13.2 Å². The summed E-state index contributed by atoms with van der Waals surface area (Å²) in [6.07, 6.45) is 0. The second-order valence-corrected chi connectivity index (χ2v) is 6.64. The Balaban J connectivity index is 3.09. The van der Waals surface area contributed by atoms with Gasteiger partial charge >= 0.3 is 5.97 Å². The topological polar surface area (TPSA) is 101 Å². The average Bonchev–Trinajstić information content (AvgIpc) is 2.26. The Hall–Kier alpha value is -1.89. The number of aryl methyl sites for hydroxylation is 2. The average molecular weight is 299 g/mol. The fourth-order valence-corrected chi connectivity index (χ4v) is 3.55. The molecule has 1 amide bonds. The molecule has 0 fully saturated rings. The second-order valence-electron chi connectivity index (χ2n) is 4.64. The highest BCUT2D eigenvalue weighted by molar-refractivity contribution is 7.91. The lowest BCUT2D eigenvalue weighted by molar-refractivity contribution is -0.140. The quantitative estimate of drug-likeness (QED) is 0.832. The number of amides is 1. The predicted molar refractivity (Wildman–Crippen MR) is 73.2 cm³/mol. The lowest BCUT2D eigenvalue weighted by Gasteiger charge is -2.15. The zero-order valence-electron chi connectivity index (χ0n) is 11.5. The van der Waals surface area contributed by atoms with Crippen molar-refractivity contribution in [3.63, 3.8) is 0 Å². The molecule has 0 saturated carbocycles. The van der Waals surface area contributed by atoms with Crippen LogP contribution in [0.5, 0.6) is 0 Å². The Bertz CT molecular complexity index is 636. The molecule has 110 valence electrons. The number of benzene rings is 1. The fourth-order valence-electron chi connectivity index (χ4n) is 1.88. The highest BCUT2D eigenvalue weighted by Crippen LogP contribution is 2.18. The van der Waals surface area contributed by atoms with Crippen LogP contribution in [0.3, 0.4) is 0 Å². The first kappa shape index (κ1) is 16.2. The van der Waals surface area contributed by atoms with Gasteiger partial charge in [-0.15, -0.1) is 0 Å². The maximum absolute atomic E-state index is 12.2. The van der Waals surface area contributed by atoms with E-state index in [1.165, 1.54) is 6.07 Å². The van der Waals surface area contributed by atoms with E-state index in [4.69, 9.17) is 5.11 Å².